The van der Waals surface area contributed by atoms with Crippen LogP contribution in [-0.2, 0) is 9.53 Å². The molecule has 2 heterocycles. The largest absolute Gasteiger partial charge is 0.370 e. The normalized spacial score (nSPS) is 28.5. The summed E-state index contributed by atoms with van der Waals surface area (Å²) >= 11 is 0. The lowest BCUT2D eigenvalue weighted by Crippen LogP contribution is -2.53. The lowest BCUT2D eigenvalue weighted by molar-refractivity contribution is -0.123. The van der Waals surface area contributed by atoms with E-state index in [-0.39, 0.29) is 12.3 Å². The number of rotatable bonds is 3. The zero-order valence-electron chi connectivity index (χ0n) is 14.0. The first-order valence-corrected chi connectivity index (χ1v) is 8.27. The van der Waals surface area contributed by atoms with Crippen LogP contribution in [0.5, 0.6) is 0 Å². The van der Waals surface area contributed by atoms with Crippen molar-refractivity contribution in [2.24, 2.45) is 5.73 Å². The molecule has 24 heavy (non-hydrogen) atoms. The van der Waals surface area contributed by atoms with Gasteiger partial charge in [0.15, 0.2) is 0 Å². The van der Waals surface area contributed by atoms with Crippen LogP contribution in [-0.4, -0.2) is 40.5 Å². The summed E-state index contributed by atoms with van der Waals surface area (Å²) in [6.45, 7) is 4.49. The van der Waals surface area contributed by atoms with E-state index in [4.69, 9.17) is 10.5 Å². The Balaban J connectivity index is 1.95. The molecule has 0 aromatic heterocycles. The van der Waals surface area contributed by atoms with Gasteiger partial charge in [-0.3, -0.25) is 9.59 Å². The van der Waals surface area contributed by atoms with Crippen molar-refractivity contribution in [2.75, 3.05) is 6.54 Å². The van der Waals surface area contributed by atoms with Crippen LogP contribution in [0.15, 0.2) is 24.3 Å². The van der Waals surface area contributed by atoms with Gasteiger partial charge >= 0.3 is 0 Å². The quantitative estimate of drug-likeness (QED) is 0.921. The smallest absolute Gasteiger partial charge is 0.254 e. The van der Waals surface area contributed by atoms with Gasteiger partial charge in [-0.25, -0.2) is 4.39 Å². The third kappa shape index (κ3) is 2.90. The predicted octanol–water partition coefficient (Wildman–Crippen LogP) is 2.24. The molecule has 0 aliphatic carbocycles. The second kappa shape index (κ2) is 5.84. The first kappa shape index (κ1) is 16.9. The summed E-state index contributed by atoms with van der Waals surface area (Å²) in [5, 5.41) is 0. The molecule has 3 rings (SSSR count). The van der Waals surface area contributed by atoms with Crippen molar-refractivity contribution in [3.63, 3.8) is 0 Å². The minimum Gasteiger partial charge on any atom is -0.370 e. The second-order valence-corrected chi connectivity index (χ2v) is 7.39. The third-order valence-corrected chi connectivity index (χ3v) is 5.02. The van der Waals surface area contributed by atoms with Crippen molar-refractivity contribution in [3.05, 3.63) is 35.6 Å². The lowest BCUT2D eigenvalue weighted by Gasteiger charge is -2.38. The van der Waals surface area contributed by atoms with Crippen LogP contribution in [0.3, 0.4) is 0 Å². The third-order valence-electron chi connectivity index (χ3n) is 5.02. The number of amides is 2. The van der Waals surface area contributed by atoms with E-state index in [2.05, 4.69) is 0 Å². The Morgan fingerprint density at radius 1 is 1.42 bits per heavy atom. The van der Waals surface area contributed by atoms with Gasteiger partial charge in [0.05, 0.1) is 23.7 Å². The lowest BCUT2D eigenvalue weighted by atomic mass is 9.82. The number of hydrogen-bond donors (Lipinski definition) is 1. The highest BCUT2D eigenvalue weighted by atomic mass is 19.1. The highest BCUT2D eigenvalue weighted by Crippen LogP contribution is 2.49. The van der Waals surface area contributed by atoms with E-state index < -0.39 is 29.0 Å². The first-order valence-electron chi connectivity index (χ1n) is 8.27. The van der Waals surface area contributed by atoms with E-state index in [1.807, 2.05) is 13.8 Å². The SMILES string of the molecule is CC1(C)C[C@]2(CCCN2C(=O)c2cccc(F)c2)[C@H](CC(N)=O)O1. The molecule has 1 aromatic rings. The highest BCUT2D eigenvalue weighted by molar-refractivity contribution is 5.95. The Morgan fingerprint density at radius 3 is 2.83 bits per heavy atom. The van der Waals surface area contributed by atoms with Crippen molar-refractivity contribution in [2.45, 2.75) is 56.8 Å². The molecule has 0 unspecified atom stereocenters. The van der Waals surface area contributed by atoms with E-state index in [0.29, 0.717) is 18.5 Å². The molecule has 2 fully saturated rings. The van der Waals surface area contributed by atoms with Gasteiger partial charge < -0.3 is 15.4 Å². The fraction of sp³-hybridized carbons (Fsp3) is 0.556. The summed E-state index contributed by atoms with van der Waals surface area (Å²) < 4.78 is 19.6. The highest BCUT2D eigenvalue weighted by Gasteiger charge is 2.58. The van der Waals surface area contributed by atoms with Crippen LogP contribution in [0.2, 0.25) is 0 Å². The van der Waals surface area contributed by atoms with E-state index >= 15 is 0 Å². The topological polar surface area (TPSA) is 72.6 Å². The van der Waals surface area contributed by atoms with Gasteiger partial charge in [-0.2, -0.15) is 0 Å². The number of carbonyl (C=O) groups is 2. The molecular weight excluding hydrogens is 311 g/mol. The number of carbonyl (C=O) groups excluding carboxylic acids is 2. The molecule has 1 spiro atoms. The fourth-order valence-electron chi connectivity index (χ4n) is 4.30. The number of primary amides is 1. The number of ether oxygens (including phenoxy) is 1. The molecule has 2 atom stereocenters. The maximum atomic E-state index is 13.5. The Bertz CT molecular complexity index is 676. The van der Waals surface area contributed by atoms with Crippen molar-refractivity contribution < 1.29 is 18.7 Å². The van der Waals surface area contributed by atoms with Gasteiger partial charge in [-0.1, -0.05) is 6.07 Å². The number of benzene rings is 1. The molecule has 2 amide bonds. The summed E-state index contributed by atoms with van der Waals surface area (Å²) in [7, 11) is 0. The predicted molar refractivity (Wildman–Crippen MR) is 86.8 cm³/mol. The van der Waals surface area contributed by atoms with Crippen LogP contribution in [0.1, 0.15) is 49.9 Å². The summed E-state index contributed by atoms with van der Waals surface area (Å²) in [5.74, 6) is -1.10. The molecule has 2 saturated heterocycles. The number of halogens is 1. The molecule has 0 bridgehead atoms. The molecule has 2 aliphatic rings. The van der Waals surface area contributed by atoms with E-state index in [1.165, 1.54) is 18.2 Å². The van der Waals surface area contributed by atoms with Crippen LogP contribution in [0.4, 0.5) is 4.39 Å². The zero-order chi connectivity index (χ0) is 17.5. The molecule has 130 valence electrons. The Morgan fingerprint density at radius 2 is 2.17 bits per heavy atom. The van der Waals surface area contributed by atoms with Crippen molar-refractivity contribution in [1.82, 2.24) is 4.90 Å². The second-order valence-electron chi connectivity index (χ2n) is 7.39. The van der Waals surface area contributed by atoms with Gasteiger partial charge in [0.25, 0.3) is 5.91 Å². The minimum atomic E-state index is -0.554. The number of likely N-dealkylation sites (tertiary alicyclic amines) is 1. The summed E-state index contributed by atoms with van der Waals surface area (Å²) in [6, 6.07) is 5.70. The number of nitrogens with zero attached hydrogens (tertiary/aromatic N) is 1. The van der Waals surface area contributed by atoms with Crippen molar-refractivity contribution in [3.8, 4) is 0 Å². The van der Waals surface area contributed by atoms with Crippen LogP contribution < -0.4 is 5.73 Å². The fourth-order valence-corrected chi connectivity index (χ4v) is 4.30. The summed E-state index contributed by atoms with van der Waals surface area (Å²) in [6.07, 6.45) is 1.88. The maximum Gasteiger partial charge on any atom is 0.254 e. The van der Waals surface area contributed by atoms with Gasteiger partial charge in [0.2, 0.25) is 5.91 Å². The monoisotopic (exact) mass is 334 g/mol. The summed E-state index contributed by atoms with van der Waals surface area (Å²) in [4.78, 5) is 26.2. The molecule has 1 aromatic carbocycles. The van der Waals surface area contributed by atoms with Gasteiger partial charge in [-0.15, -0.1) is 0 Å². The van der Waals surface area contributed by atoms with Crippen molar-refractivity contribution >= 4 is 11.8 Å². The van der Waals surface area contributed by atoms with Crippen molar-refractivity contribution in [1.29, 1.82) is 0 Å². The average Bonchev–Trinajstić information content (AvgIpc) is 2.99. The Labute approximate surface area is 141 Å². The minimum absolute atomic E-state index is 0.0797. The van der Waals surface area contributed by atoms with Gasteiger partial charge in [-0.05, 0) is 44.9 Å². The first-order chi connectivity index (χ1) is 11.2. The van der Waals surface area contributed by atoms with Gasteiger partial charge in [0.1, 0.15) is 5.82 Å². The van der Waals surface area contributed by atoms with Crippen LogP contribution in [0, 0.1) is 5.82 Å². The van der Waals surface area contributed by atoms with E-state index in [0.717, 1.165) is 12.8 Å². The molecular formula is C18H23FN2O3. The Hall–Kier alpha value is -1.95. The molecule has 0 radical (unpaired) electrons. The van der Waals surface area contributed by atoms with Crippen LogP contribution in [0.25, 0.3) is 0 Å². The van der Waals surface area contributed by atoms with E-state index in [9.17, 15) is 14.0 Å². The molecule has 0 saturated carbocycles. The molecule has 2 N–H and O–H groups in total. The van der Waals surface area contributed by atoms with Crippen LogP contribution >= 0.6 is 0 Å². The molecule has 5 nitrogen and oxygen atoms in total. The molecule has 2 aliphatic heterocycles. The van der Waals surface area contributed by atoms with E-state index in [1.54, 1.807) is 11.0 Å². The summed E-state index contributed by atoms with van der Waals surface area (Å²) in [5.41, 5.74) is 4.72. The average molecular weight is 334 g/mol. The Kier molecular flexibility index (Phi) is 4.11. The van der Waals surface area contributed by atoms with Gasteiger partial charge in [0, 0.05) is 18.5 Å². The number of nitrogens with two attached hydrogens (primary N) is 1. The molecule has 6 heteroatoms. The maximum absolute atomic E-state index is 13.5. The standard InChI is InChI=1S/C18H23FN2O3/c1-17(2)11-18(14(24-17)10-15(20)22)7-4-8-21(18)16(23)12-5-3-6-13(19)9-12/h3,5-6,9,14H,4,7-8,10-11H2,1-2H3,(H2,20,22)/t14-,18+/m0/s1. The number of hydrogen-bond acceptors (Lipinski definition) is 3. The zero-order valence-corrected chi connectivity index (χ0v) is 14.0.